The van der Waals surface area contributed by atoms with E-state index >= 15 is 0 Å². The van der Waals surface area contributed by atoms with Crippen LogP contribution in [0.2, 0.25) is 0 Å². The molecule has 0 unspecified atom stereocenters. The van der Waals surface area contributed by atoms with Crippen molar-refractivity contribution in [1.29, 1.82) is 0 Å². The number of carbonyl (C=O) groups excluding carboxylic acids is 1. The molecule has 10 heteroatoms. The van der Waals surface area contributed by atoms with Gasteiger partial charge in [-0.3, -0.25) is 4.79 Å². The fourth-order valence-electron chi connectivity index (χ4n) is 1.26. The van der Waals surface area contributed by atoms with E-state index in [1.54, 1.807) is 12.1 Å². The highest BCUT2D eigenvalue weighted by Gasteiger charge is 2.27. The summed E-state index contributed by atoms with van der Waals surface area (Å²) < 4.78 is 30.9. The van der Waals surface area contributed by atoms with Gasteiger partial charge >= 0.3 is 0 Å². The van der Waals surface area contributed by atoms with Crippen molar-refractivity contribution < 1.29 is 18.0 Å². The molecule has 0 saturated heterocycles. The van der Waals surface area contributed by atoms with Crippen molar-refractivity contribution >= 4 is 42.1 Å². The maximum atomic E-state index is 12.9. The third-order valence-corrected chi connectivity index (χ3v) is 3.28. The van der Waals surface area contributed by atoms with E-state index in [-0.39, 0.29) is 29.7 Å². The first kappa shape index (κ1) is 19.8. The van der Waals surface area contributed by atoms with E-state index in [0.29, 0.717) is 10.8 Å². The Hall–Kier alpha value is -1.22. The lowest BCUT2D eigenvalue weighted by atomic mass is 10.3. The highest BCUT2D eigenvalue weighted by Crippen LogP contribution is 2.25. The Balaban J connectivity index is 0.00000200. The molecule has 0 radical (unpaired) electrons. The molecule has 118 valence electrons. The fraction of sp³-hybridized carbons (Fsp3) is 0.273. The van der Waals surface area contributed by atoms with Crippen LogP contribution in [0.3, 0.4) is 0 Å². The summed E-state index contributed by atoms with van der Waals surface area (Å²) in [7, 11) is 0. The molecular weight excluding hydrogens is 347 g/mol. The smallest absolute Gasteiger partial charge is 0.277 e. The van der Waals surface area contributed by atoms with Crippen molar-refractivity contribution in [3.8, 4) is 10.8 Å². The van der Waals surface area contributed by atoms with E-state index < -0.39 is 24.9 Å². The van der Waals surface area contributed by atoms with Crippen LogP contribution in [0.15, 0.2) is 29.0 Å². The molecule has 0 aliphatic heterocycles. The predicted octanol–water partition coefficient (Wildman–Crippen LogP) is 2.57. The molecule has 0 spiro atoms. The van der Waals surface area contributed by atoms with E-state index in [9.17, 15) is 13.6 Å². The molecule has 0 atom stereocenters. The van der Waals surface area contributed by atoms with Crippen molar-refractivity contribution in [1.82, 2.24) is 10.3 Å². The normalized spacial score (nSPS) is 10.4. The van der Waals surface area contributed by atoms with E-state index in [1.807, 2.05) is 0 Å². The van der Waals surface area contributed by atoms with Crippen molar-refractivity contribution in [3.63, 3.8) is 0 Å². The second-order valence-electron chi connectivity index (χ2n) is 3.75. The van der Waals surface area contributed by atoms with Gasteiger partial charge in [-0.05, 0) is 12.1 Å². The van der Waals surface area contributed by atoms with E-state index in [4.69, 9.17) is 10.2 Å². The van der Waals surface area contributed by atoms with Gasteiger partial charge in [0.2, 0.25) is 0 Å². The van der Waals surface area contributed by atoms with Crippen molar-refractivity contribution in [3.05, 3.63) is 29.5 Å². The summed E-state index contributed by atoms with van der Waals surface area (Å²) in [6, 6.07) is 3.39. The lowest BCUT2D eigenvalue weighted by molar-refractivity contribution is 0.0119. The number of hydrogen-bond donors (Lipinski definition) is 2. The molecule has 0 aliphatic carbocycles. The average Bonchev–Trinajstić information content (AvgIpc) is 3.05. The fourth-order valence-corrected chi connectivity index (χ4v) is 2.06. The summed E-state index contributed by atoms with van der Waals surface area (Å²) >= 11 is 1.06. The first-order chi connectivity index (χ1) is 9.02. The molecule has 2 aromatic rings. The van der Waals surface area contributed by atoms with Crippen LogP contribution in [-0.2, 0) is 0 Å². The van der Waals surface area contributed by atoms with Gasteiger partial charge in [0.1, 0.15) is 4.88 Å². The third-order valence-electron chi connectivity index (χ3n) is 2.27. The number of halogens is 4. The molecule has 0 aromatic carbocycles. The van der Waals surface area contributed by atoms with Gasteiger partial charge in [-0.2, -0.15) is 0 Å². The Morgan fingerprint density at radius 3 is 2.76 bits per heavy atom. The molecule has 0 fully saturated rings. The van der Waals surface area contributed by atoms with E-state index in [2.05, 4.69) is 10.3 Å². The number of nitrogens with zero attached hydrogens (tertiary/aromatic N) is 1. The maximum absolute atomic E-state index is 12.9. The number of alkyl halides is 2. The van der Waals surface area contributed by atoms with Gasteiger partial charge in [-0.1, -0.05) is 0 Å². The van der Waals surface area contributed by atoms with Crippen molar-refractivity contribution in [2.24, 2.45) is 5.73 Å². The van der Waals surface area contributed by atoms with Gasteiger partial charge in [0.25, 0.3) is 11.8 Å². The summed E-state index contributed by atoms with van der Waals surface area (Å²) in [5, 5.41) is 2.63. The average molecular weight is 360 g/mol. The highest BCUT2D eigenvalue weighted by atomic mass is 35.5. The molecule has 0 bridgehead atoms. The van der Waals surface area contributed by atoms with Crippen molar-refractivity contribution in [2.45, 2.75) is 5.92 Å². The Morgan fingerprint density at radius 2 is 2.19 bits per heavy atom. The molecule has 0 saturated carbocycles. The first-order valence-electron chi connectivity index (χ1n) is 5.37. The summed E-state index contributed by atoms with van der Waals surface area (Å²) in [6.07, 6.45) is 2.80. The number of thiazole rings is 1. The van der Waals surface area contributed by atoms with Crippen molar-refractivity contribution in [2.75, 3.05) is 13.1 Å². The second kappa shape index (κ2) is 8.28. The molecule has 2 rings (SSSR count). The lowest BCUT2D eigenvalue weighted by Crippen LogP contribution is -2.41. The zero-order valence-corrected chi connectivity index (χ0v) is 13.0. The number of aromatic nitrogens is 1. The largest absolute Gasteiger partial charge is 0.462 e. The van der Waals surface area contributed by atoms with Crippen LogP contribution in [0.25, 0.3) is 10.8 Å². The number of hydrogen-bond acceptors (Lipinski definition) is 5. The number of furan rings is 1. The quantitative estimate of drug-likeness (QED) is 0.859. The molecule has 3 N–H and O–H groups in total. The number of amides is 1. The van der Waals surface area contributed by atoms with E-state index in [1.165, 1.54) is 12.5 Å². The van der Waals surface area contributed by atoms with E-state index in [0.717, 1.165) is 11.3 Å². The highest BCUT2D eigenvalue weighted by molar-refractivity contribution is 7.16. The Morgan fingerprint density at radius 1 is 1.48 bits per heavy atom. The number of rotatable bonds is 5. The predicted molar refractivity (Wildman–Crippen MR) is 80.6 cm³/mol. The number of nitrogens with two attached hydrogens (primary N) is 1. The Bertz CT molecular complexity index is 564. The SMILES string of the molecule is Cl.Cl.NCC(F)(F)CNC(=O)c1cnc(-c2ccco2)s1. The summed E-state index contributed by atoms with van der Waals surface area (Å²) in [4.78, 5) is 15.9. The topological polar surface area (TPSA) is 81.1 Å². The molecule has 21 heavy (non-hydrogen) atoms. The van der Waals surface area contributed by atoms with Crippen LogP contribution in [0.4, 0.5) is 8.78 Å². The number of carbonyl (C=O) groups is 1. The van der Waals surface area contributed by atoms with Gasteiger partial charge in [0.05, 0.1) is 25.5 Å². The van der Waals surface area contributed by atoms with Gasteiger partial charge in [-0.15, -0.1) is 36.2 Å². The lowest BCUT2D eigenvalue weighted by Gasteiger charge is -2.13. The standard InChI is InChI=1S/C11H11F2N3O2S.2ClH/c12-11(13,5-14)6-16-9(17)8-4-15-10(19-8)7-2-1-3-18-7;;/h1-4H,5-6,14H2,(H,16,17);2*1H. The van der Waals surface area contributed by atoms with Gasteiger partial charge in [0.15, 0.2) is 10.8 Å². The zero-order valence-electron chi connectivity index (χ0n) is 10.5. The van der Waals surface area contributed by atoms with Crippen LogP contribution in [0.5, 0.6) is 0 Å². The van der Waals surface area contributed by atoms with Crippen LogP contribution >= 0.6 is 36.2 Å². The van der Waals surface area contributed by atoms with Crippen LogP contribution in [-0.4, -0.2) is 29.9 Å². The number of nitrogens with one attached hydrogen (secondary N) is 1. The summed E-state index contributed by atoms with van der Waals surface area (Å²) in [5.41, 5.74) is 4.88. The minimum Gasteiger partial charge on any atom is -0.462 e. The Kier molecular flexibility index (Phi) is 7.80. The summed E-state index contributed by atoms with van der Waals surface area (Å²) in [5.74, 6) is -3.19. The molecule has 0 aliphatic rings. The van der Waals surface area contributed by atoms with Gasteiger partial charge < -0.3 is 15.5 Å². The molecule has 2 aromatic heterocycles. The van der Waals surface area contributed by atoms with Crippen LogP contribution in [0.1, 0.15) is 9.67 Å². The minimum atomic E-state index is -3.11. The molecular formula is C11H13Cl2F2N3O2S. The molecule has 2 heterocycles. The van der Waals surface area contributed by atoms with Gasteiger partial charge in [0, 0.05) is 0 Å². The minimum absolute atomic E-state index is 0. The zero-order chi connectivity index (χ0) is 13.9. The van der Waals surface area contributed by atoms with Crippen LogP contribution in [0, 0.1) is 0 Å². The molecule has 5 nitrogen and oxygen atoms in total. The molecule has 1 amide bonds. The van der Waals surface area contributed by atoms with Crippen LogP contribution < -0.4 is 11.1 Å². The Labute approximate surface area is 135 Å². The monoisotopic (exact) mass is 359 g/mol. The first-order valence-corrected chi connectivity index (χ1v) is 6.19. The maximum Gasteiger partial charge on any atom is 0.277 e. The van der Waals surface area contributed by atoms with Gasteiger partial charge in [-0.25, -0.2) is 13.8 Å². The third kappa shape index (κ3) is 5.24. The summed E-state index contributed by atoms with van der Waals surface area (Å²) in [6.45, 7) is -1.61. The second-order valence-corrected chi connectivity index (χ2v) is 4.78.